The number of phosphoric ester groups is 1. The minimum atomic E-state index is -4.45. The first-order valence-corrected chi connectivity index (χ1v) is 40.5. The number of phosphoric acid groups is 1. The van der Waals surface area contributed by atoms with Gasteiger partial charge >= 0.3 is 13.8 Å². The quantitative estimate of drug-likeness (QED) is 0.0205. The number of amides is 1. The highest BCUT2D eigenvalue weighted by Crippen LogP contribution is 2.43. The number of hydrogen-bond donors (Lipinski definition) is 2. The Labute approximate surface area is 543 Å². The zero-order chi connectivity index (χ0) is 63.5. The Morgan fingerprint density at radius 1 is 0.391 bits per heavy atom. The summed E-state index contributed by atoms with van der Waals surface area (Å²) in [6.45, 7) is 7.10. The van der Waals surface area contributed by atoms with Gasteiger partial charge in [-0.2, -0.15) is 0 Å². The summed E-state index contributed by atoms with van der Waals surface area (Å²) in [4.78, 5) is 38.0. The molecule has 0 fully saturated rings. The summed E-state index contributed by atoms with van der Waals surface area (Å²) in [6.07, 6.45) is 82.6. The van der Waals surface area contributed by atoms with Crippen molar-refractivity contribution >= 4 is 19.7 Å². The van der Waals surface area contributed by atoms with Crippen LogP contribution < -0.4 is 5.32 Å². The molecule has 0 saturated heterocycles. The number of allylic oxidation sites excluding steroid dienone is 1. The highest BCUT2D eigenvalue weighted by atomic mass is 31.2. The van der Waals surface area contributed by atoms with E-state index >= 15 is 0 Å². The largest absolute Gasteiger partial charge is 0.472 e. The number of esters is 1. The zero-order valence-corrected chi connectivity index (χ0v) is 60.5. The summed E-state index contributed by atoms with van der Waals surface area (Å²) >= 11 is 0. The van der Waals surface area contributed by atoms with E-state index in [1.165, 1.54) is 327 Å². The van der Waals surface area contributed by atoms with Gasteiger partial charge in [-0.25, -0.2) is 4.57 Å². The summed E-state index contributed by atoms with van der Waals surface area (Å²) in [5.74, 6) is -0.475. The van der Waals surface area contributed by atoms with E-state index in [1.807, 2.05) is 27.2 Å². The fraction of sp³-hybridized carbons (Fsp3) is 0.948. The number of hydrogen-bond acceptors (Lipinski definition) is 6. The monoisotopic (exact) mass is 1250 g/mol. The van der Waals surface area contributed by atoms with E-state index in [9.17, 15) is 19.0 Å². The molecule has 87 heavy (non-hydrogen) atoms. The first kappa shape index (κ1) is 85.8. The van der Waals surface area contributed by atoms with Gasteiger partial charge in [0.15, 0.2) is 0 Å². The topological polar surface area (TPSA) is 111 Å². The average molecular weight is 1250 g/mol. The maximum absolute atomic E-state index is 13.6. The van der Waals surface area contributed by atoms with Crippen LogP contribution in [0.3, 0.4) is 0 Å². The first-order chi connectivity index (χ1) is 42.4. The Kier molecular flexibility index (Phi) is 66.7. The Morgan fingerprint density at radius 2 is 0.655 bits per heavy atom. The normalized spacial score (nSPS) is 13.4. The number of nitrogens with one attached hydrogen (secondary N) is 1. The molecule has 0 aliphatic heterocycles. The molecule has 0 heterocycles. The summed E-state index contributed by atoms with van der Waals surface area (Å²) in [5, 5.41) is 3.09. The third-order valence-electron chi connectivity index (χ3n) is 18.2. The van der Waals surface area contributed by atoms with Crippen LogP contribution in [0.5, 0.6) is 0 Å². The lowest BCUT2D eigenvalue weighted by Crippen LogP contribution is -2.47. The van der Waals surface area contributed by atoms with Crippen LogP contribution in [0.15, 0.2) is 12.2 Å². The van der Waals surface area contributed by atoms with Crippen molar-refractivity contribution in [2.24, 2.45) is 0 Å². The van der Waals surface area contributed by atoms with Crippen molar-refractivity contribution in [3.05, 3.63) is 12.2 Å². The third kappa shape index (κ3) is 68.9. The van der Waals surface area contributed by atoms with E-state index in [0.29, 0.717) is 23.9 Å². The molecule has 0 spiro atoms. The smallest absolute Gasteiger partial charge is 0.456 e. The van der Waals surface area contributed by atoms with Crippen LogP contribution in [0.2, 0.25) is 0 Å². The SMILES string of the molecule is CCCCCCCCCCC/C=C/C(OC(=O)CCCCCCCCCCCCCCCCCCCCCCCCCCCCC)C(COP(=O)(O)OCC[N+](C)(C)C)NC(=O)CCCCCCCCCCCCCCCCCCCCCCCCC. The Morgan fingerprint density at radius 3 is 0.943 bits per heavy atom. The highest BCUT2D eigenvalue weighted by Gasteiger charge is 2.30. The molecule has 0 aliphatic carbocycles. The van der Waals surface area contributed by atoms with Crippen LogP contribution in [0.1, 0.15) is 419 Å². The summed E-state index contributed by atoms with van der Waals surface area (Å²) in [5.41, 5.74) is 0. The maximum Gasteiger partial charge on any atom is 0.472 e. The van der Waals surface area contributed by atoms with Crippen molar-refractivity contribution in [2.75, 3.05) is 40.9 Å². The Bertz CT molecular complexity index is 1490. The predicted molar refractivity (Wildman–Crippen MR) is 379 cm³/mol. The van der Waals surface area contributed by atoms with Crippen molar-refractivity contribution in [2.45, 2.75) is 431 Å². The second-order valence-electron chi connectivity index (χ2n) is 28.3. The number of rotatable bonds is 73. The molecule has 1 amide bonds. The molecule has 0 saturated carbocycles. The molecule has 0 rings (SSSR count). The molecule has 0 aromatic rings. The number of ether oxygens (including phenoxy) is 1. The van der Waals surface area contributed by atoms with Gasteiger partial charge in [-0.3, -0.25) is 18.6 Å². The minimum absolute atomic E-state index is 0.0462. The third-order valence-corrected chi connectivity index (χ3v) is 19.2. The van der Waals surface area contributed by atoms with E-state index in [-0.39, 0.29) is 25.1 Å². The van der Waals surface area contributed by atoms with E-state index in [2.05, 4.69) is 32.2 Å². The molecule has 0 aromatic carbocycles. The minimum Gasteiger partial charge on any atom is -0.456 e. The van der Waals surface area contributed by atoms with Crippen molar-refractivity contribution in [3.8, 4) is 0 Å². The van der Waals surface area contributed by atoms with Gasteiger partial charge in [0.05, 0.1) is 33.8 Å². The Balaban J connectivity index is 4.85. The molecule has 3 atom stereocenters. The molecule has 518 valence electrons. The van der Waals surface area contributed by atoms with Gasteiger partial charge < -0.3 is 19.4 Å². The highest BCUT2D eigenvalue weighted by molar-refractivity contribution is 7.47. The fourth-order valence-electron chi connectivity index (χ4n) is 12.2. The lowest BCUT2D eigenvalue weighted by molar-refractivity contribution is -0.870. The molecule has 0 bridgehead atoms. The number of nitrogens with zero attached hydrogens (tertiary/aromatic N) is 1. The molecule has 0 aliphatic rings. The van der Waals surface area contributed by atoms with E-state index in [0.717, 1.165) is 57.8 Å². The number of likely N-dealkylation sites (N-methyl/N-ethyl adjacent to an activating group) is 1. The molecule has 2 N–H and O–H groups in total. The number of carbonyl (C=O) groups is 2. The number of unbranched alkanes of at least 4 members (excludes halogenated alkanes) is 57. The second-order valence-corrected chi connectivity index (χ2v) is 29.7. The fourth-order valence-corrected chi connectivity index (χ4v) is 13.0. The van der Waals surface area contributed by atoms with Crippen LogP contribution in [-0.2, 0) is 27.9 Å². The molecular formula is C77H154N2O7P+. The number of carbonyl (C=O) groups excluding carboxylic acids is 2. The Hall–Kier alpha value is -1.25. The van der Waals surface area contributed by atoms with Gasteiger partial charge in [0.2, 0.25) is 5.91 Å². The zero-order valence-electron chi connectivity index (χ0n) is 59.6. The first-order valence-electron chi connectivity index (χ1n) is 39.0. The van der Waals surface area contributed by atoms with E-state index in [1.54, 1.807) is 0 Å². The van der Waals surface area contributed by atoms with Crippen molar-refractivity contribution in [3.63, 3.8) is 0 Å². The lowest BCUT2D eigenvalue weighted by atomic mass is 10.0. The molecular weight excluding hydrogens is 1100 g/mol. The van der Waals surface area contributed by atoms with E-state index in [4.69, 9.17) is 13.8 Å². The van der Waals surface area contributed by atoms with Crippen LogP contribution >= 0.6 is 7.82 Å². The van der Waals surface area contributed by atoms with Gasteiger partial charge in [0, 0.05) is 12.8 Å². The molecule has 10 heteroatoms. The van der Waals surface area contributed by atoms with Crippen LogP contribution in [0, 0.1) is 0 Å². The molecule has 9 nitrogen and oxygen atoms in total. The number of quaternary nitrogens is 1. The summed E-state index contributed by atoms with van der Waals surface area (Å²) in [7, 11) is 1.53. The van der Waals surface area contributed by atoms with Gasteiger partial charge in [-0.05, 0) is 31.8 Å². The van der Waals surface area contributed by atoms with Gasteiger partial charge in [-0.1, -0.05) is 386 Å². The molecule has 3 unspecified atom stereocenters. The lowest BCUT2D eigenvalue weighted by Gasteiger charge is -2.27. The van der Waals surface area contributed by atoms with E-state index < -0.39 is 20.0 Å². The maximum atomic E-state index is 13.6. The van der Waals surface area contributed by atoms with Gasteiger partial charge in [0.1, 0.15) is 19.3 Å². The van der Waals surface area contributed by atoms with Gasteiger partial charge in [0.25, 0.3) is 0 Å². The second kappa shape index (κ2) is 67.6. The standard InChI is InChI=1S/C77H153N2O7P/c1-7-10-13-16-19-22-25-27-29-31-33-35-37-38-39-40-42-44-46-48-50-52-55-58-61-64-67-70-77(81)86-75(68-65-62-59-56-53-24-21-18-15-12-9-3)74(73-85-87(82,83)84-72-71-79(4,5)6)78-76(80)69-66-63-60-57-54-51-49-47-45-43-41-36-34-32-30-28-26-23-20-17-14-11-8-2/h65,68,74-75H,7-64,66-67,69-73H2,1-6H3,(H-,78,80,82,83)/p+1/b68-65+. The van der Waals surface area contributed by atoms with Crippen LogP contribution in [0.4, 0.5) is 0 Å². The van der Waals surface area contributed by atoms with Crippen molar-refractivity contribution in [1.29, 1.82) is 0 Å². The molecule has 0 aromatic heterocycles. The van der Waals surface area contributed by atoms with Crippen LogP contribution in [-0.4, -0.2) is 74.3 Å². The predicted octanol–water partition coefficient (Wildman–Crippen LogP) is 25.0. The summed E-state index contributed by atoms with van der Waals surface area (Å²) < 4.78 is 30.9. The van der Waals surface area contributed by atoms with Crippen LogP contribution in [0.25, 0.3) is 0 Å². The summed E-state index contributed by atoms with van der Waals surface area (Å²) in [6, 6.07) is -0.841. The molecule has 0 radical (unpaired) electrons. The van der Waals surface area contributed by atoms with Crippen molar-refractivity contribution < 1.29 is 37.3 Å². The van der Waals surface area contributed by atoms with Crippen molar-refractivity contribution in [1.82, 2.24) is 5.32 Å². The van der Waals surface area contributed by atoms with Gasteiger partial charge in [-0.15, -0.1) is 0 Å². The average Bonchev–Trinajstić information content (AvgIpc) is 3.70.